The topological polar surface area (TPSA) is 122 Å². The molecule has 0 unspecified atom stereocenters. The van der Waals surface area contributed by atoms with Gasteiger partial charge < -0.3 is 43.2 Å². The van der Waals surface area contributed by atoms with Gasteiger partial charge in [-0.05, 0) is 115 Å². The summed E-state index contributed by atoms with van der Waals surface area (Å²) < 4.78 is 43.0. The van der Waals surface area contributed by atoms with Gasteiger partial charge in [0, 0.05) is 32.1 Å². The number of ketones is 1. The predicted molar refractivity (Wildman–Crippen MR) is 199 cm³/mol. The van der Waals surface area contributed by atoms with Crippen LogP contribution in [0.2, 0.25) is 0 Å². The van der Waals surface area contributed by atoms with E-state index in [0.717, 1.165) is 44.1 Å². The van der Waals surface area contributed by atoms with E-state index in [1.165, 1.54) is 0 Å². The summed E-state index contributed by atoms with van der Waals surface area (Å²) in [4.78, 5) is 30.5. The molecule has 0 aromatic carbocycles. The summed E-state index contributed by atoms with van der Waals surface area (Å²) in [7, 11) is 7.32. The number of esters is 1. The third-order valence-electron chi connectivity index (χ3n) is 13.1. The maximum absolute atomic E-state index is 14.7. The Balaban J connectivity index is 1.21. The predicted octanol–water partition coefficient (Wildman–Crippen LogP) is 5.39. The molecule has 0 aromatic rings. The number of aliphatic hydroxyl groups is 1. The molecule has 6 aliphatic rings. The van der Waals surface area contributed by atoms with Crippen molar-refractivity contribution in [3.05, 3.63) is 36.0 Å². The number of methoxy groups -OCH3 is 2. The third kappa shape index (κ3) is 8.88. The molecule has 0 aromatic heterocycles. The number of carbonyl (C=O) groups is 2. The molecule has 0 spiro atoms. The van der Waals surface area contributed by atoms with Gasteiger partial charge in [-0.25, -0.2) is 0 Å². The molecular weight excluding hydrogens is 678 g/mol. The Labute approximate surface area is 316 Å². The largest absolute Gasteiger partial charge is 0.458 e. The van der Waals surface area contributed by atoms with Crippen LogP contribution in [0.5, 0.6) is 0 Å². The lowest BCUT2D eigenvalue weighted by molar-refractivity contribution is -0.310. The first kappa shape index (κ1) is 40.7. The summed E-state index contributed by atoms with van der Waals surface area (Å²) in [5, 5.41) is 11.1. The van der Waals surface area contributed by atoms with Crippen molar-refractivity contribution < 1.29 is 47.9 Å². The van der Waals surface area contributed by atoms with E-state index in [4.69, 9.17) is 33.2 Å². The van der Waals surface area contributed by atoms with E-state index in [2.05, 4.69) is 57.1 Å². The van der Waals surface area contributed by atoms with Gasteiger partial charge in [0.05, 0.1) is 30.8 Å². The minimum absolute atomic E-state index is 0.00279. The van der Waals surface area contributed by atoms with Gasteiger partial charge in [0.15, 0.2) is 18.4 Å². The first-order valence-electron chi connectivity index (χ1n) is 20.3. The molecule has 298 valence electrons. The van der Waals surface area contributed by atoms with Gasteiger partial charge in [0.2, 0.25) is 0 Å². The number of aliphatic hydroxyl groups excluding tert-OH is 1. The van der Waals surface area contributed by atoms with Crippen LogP contribution >= 0.6 is 0 Å². The first-order chi connectivity index (χ1) is 25.4. The molecule has 1 N–H and O–H groups in total. The highest BCUT2D eigenvalue weighted by Crippen LogP contribution is 2.54. The van der Waals surface area contributed by atoms with Gasteiger partial charge in [-0.1, -0.05) is 38.2 Å². The molecule has 3 saturated heterocycles. The summed E-state index contributed by atoms with van der Waals surface area (Å²) in [6.45, 7) is 8.07. The van der Waals surface area contributed by atoms with Crippen molar-refractivity contribution in [3.63, 3.8) is 0 Å². The number of rotatable bonds is 9. The van der Waals surface area contributed by atoms with E-state index in [1.54, 1.807) is 14.2 Å². The summed E-state index contributed by atoms with van der Waals surface area (Å²) in [6, 6.07) is 0.324. The van der Waals surface area contributed by atoms with E-state index in [9.17, 15) is 14.7 Å². The van der Waals surface area contributed by atoms with Gasteiger partial charge >= 0.3 is 5.97 Å². The van der Waals surface area contributed by atoms with Gasteiger partial charge in [-0.15, -0.1) is 0 Å². The van der Waals surface area contributed by atoms with E-state index in [0.29, 0.717) is 18.9 Å². The van der Waals surface area contributed by atoms with Crippen molar-refractivity contribution in [2.45, 2.75) is 153 Å². The molecule has 0 bridgehead atoms. The van der Waals surface area contributed by atoms with Crippen LogP contribution in [-0.4, -0.2) is 118 Å². The molecule has 3 heterocycles. The first-order valence-corrected chi connectivity index (χ1v) is 20.3. The Morgan fingerprint density at radius 3 is 2.40 bits per heavy atom. The number of allylic oxidation sites excluding steroid dienone is 5. The molecule has 3 aliphatic heterocycles. The summed E-state index contributed by atoms with van der Waals surface area (Å²) in [5.41, 5.74) is 0.730. The lowest BCUT2D eigenvalue weighted by Gasteiger charge is -2.42. The number of nitrogens with zero attached hydrogens (tertiary/aromatic N) is 1. The number of Topliss-reactive ketones (excluding diaryl/α,β-unsaturated/α-hetero) is 1. The molecule has 3 aliphatic carbocycles. The number of cyclic esters (lactones) is 1. The normalized spacial score (nSPS) is 45.2. The van der Waals surface area contributed by atoms with E-state index < -0.39 is 30.5 Å². The van der Waals surface area contributed by atoms with Crippen molar-refractivity contribution in [1.82, 2.24) is 4.90 Å². The highest BCUT2D eigenvalue weighted by Gasteiger charge is 2.52. The van der Waals surface area contributed by atoms with Crippen LogP contribution in [0.4, 0.5) is 0 Å². The maximum atomic E-state index is 14.7. The monoisotopic (exact) mass is 743 g/mol. The summed E-state index contributed by atoms with van der Waals surface area (Å²) in [5.74, 6) is -0.325. The number of hydrogen-bond acceptors (Lipinski definition) is 11. The average Bonchev–Trinajstić information content (AvgIpc) is 3.71. The van der Waals surface area contributed by atoms with Crippen LogP contribution in [0, 0.1) is 35.5 Å². The standard InChI is InChI=1S/C42H65NO10/c1-9-10-12-27-13-11-14-35(53-37-18-17-34(43(5)6)24(3)49-37)23(2)38(45)33-21-31-29(32(33)22-36(44)51-27)16-15-26-19-28(20-30(26)31)52-42-39(46)41(48-8)40(47-7)25(4)50-42/h10,12,15-16,21,23-32,34-35,37,39-42,46H,9,11,13-14,17-20,22H2,1-8H3/b12-10+/t23-,24-,25+,26-,27+,28-,29-,30-,31-,32+,34+,35+,37+,39-,40+,41+,42+/m1/s1. The van der Waals surface area contributed by atoms with Gasteiger partial charge in [-0.2, -0.15) is 0 Å². The van der Waals surface area contributed by atoms with Gasteiger partial charge in [0.25, 0.3) is 0 Å². The Morgan fingerprint density at radius 1 is 0.925 bits per heavy atom. The van der Waals surface area contributed by atoms with E-state index >= 15 is 0 Å². The Morgan fingerprint density at radius 2 is 1.70 bits per heavy atom. The molecule has 6 rings (SSSR count). The van der Waals surface area contributed by atoms with Crippen LogP contribution in [0.1, 0.15) is 85.5 Å². The van der Waals surface area contributed by atoms with Crippen molar-refractivity contribution >= 4 is 11.8 Å². The second-order valence-corrected chi connectivity index (χ2v) is 16.6. The zero-order valence-electron chi connectivity index (χ0n) is 33.1. The quantitative estimate of drug-likeness (QED) is 0.242. The highest BCUT2D eigenvalue weighted by molar-refractivity contribution is 5.99. The van der Waals surface area contributed by atoms with Crippen molar-refractivity contribution in [1.29, 1.82) is 0 Å². The smallest absolute Gasteiger partial charge is 0.307 e. The molecule has 0 amide bonds. The maximum Gasteiger partial charge on any atom is 0.307 e. The third-order valence-corrected chi connectivity index (χ3v) is 13.1. The fourth-order valence-corrected chi connectivity index (χ4v) is 10.3. The molecule has 0 radical (unpaired) electrons. The zero-order valence-corrected chi connectivity index (χ0v) is 33.1. The summed E-state index contributed by atoms with van der Waals surface area (Å²) >= 11 is 0. The summed E-state index contributed by atoms with van der Waals surface area (Å²) in [6.07, 6.45) is 12.9. The van der Waals surface area contributed by atoms with E-state index in [-0.39, 0.29) is 84.6 Å². The van der Waals surface area contributed by atoms with Crippen LogP contribution in [-0.2, 0) is 42.7 Å². The lowest BCUT2D eigenvalue weighted by Crippen LogP contribution is -2.59. The van der Waals surface area contributed by atoms with Crippen LogP contribution in [0.3, 0.4) is 0 Å². The SMILES string of the molecule is CC/C=C/[C@H]1CCC[C@H](O[C@H]2CC[C@H](N(C)C)[C@@H](C)O2)[C@@H](C)C(=O)C2=C[C@@H]3[C@@H](C=C[C@@H]4C[C@@H](O[C@@H]5O[C@@H](C)[C@H](OC)[C@@H](OC)[C@H]5O)C[C@@H]34)[C@@H]2CC(=O)O1. The Bertz CT molecular complexity index is 1350. The number of fused-ring (bicyclic) bond motifs is 5. The molecule has 53 heavy (non-hydrogen) atoms. The molecule has 11 nitrogen and oxygen atoms in total. The fourth-order valence-electron chi connectivity index (χ4n) is 10.3. The van der Waals surface area contributed by atoms with Gasteiger partial charge in [0.1, 0.15) is 24.4 Å². The Kier molecular flexibility index (Phi) is 13.7. The van der Waals surface area contributed by atoms with E-state index in [1.807, 2.05) is 19.9 Å². The van der Waals surface area contributed by atoms with Gasteiger partial charge in [-0.3, -0.25) is 9.59 Å². The fraction of sp³-hybridized carbons (Fsp3) is 0.810. The van der Waals surface area contributed by atoms with Crippen LogP contribution in [0.15, 0.2) is 36.0 Å². The molecule has 1 saturated carbocycles. The Hall–Kier alpha value is -1.96. The molecular formula is C42H65NO10. The highest BCUT2D eigenvalue weighted by atomic mass is 16.7. The molecule has 17 atom stereocenters. The number of ether oxygens (including phenoxy) is 7. The molecule has 11 heteroatoms. The molecule has 4 fully saturated rings. The van der Waals surface area contributed by atoms with Crippen LogP contribution < -0.4 is 0 Å². The lowest BCUT2D eigenvalue weighted by atomic mass is 9.70. The van der Waals surface area contributed by atoms with Crippen molar-refractivity contribution in [2.75, 3.05) is 28.3 Å². The average molecular weight is 744 g/mol. The number of hydrogen-bond donors (Lipinski definition) is 1. The second-order valence-electron chi connectivity index (χ2n) is 16.6. The zero-order chi connectivity index (χ0) is 38.0. The minimum Gasteiger partial charge on any atom is -0.458 e. The van der Waals surface area contributed by atoms with Crippen molar-refractivity contribution in [2.24, 2.45) is 35.5 Å². The minimum atomic E-state index is -0.995. The number of likely N-dealkylation sites (N-methyl/N-ethyl adjacent to an activating group) is 1. The second kappa shape index (κ2) is 17.9. The number of carbonyl (C=O) groups excluding carboxylic acids is 2. The van der Waals surface area contributed by atoms with Crippen LogP contribution in [0.25, 0.3) is 0 Å². The van der Waals surface area contributed by atoms with Crippen molar-refractivity contribution in [3.8, 4) is 0 Å².